The lowest BCUT2D eigenvalue weighted by Gasteiger charge is -2.29. The van der Waals surface area contributed by atoms with Crippen LogP contribution in [0.4, 0.5) is 5.69 Å². The van der Waals surface area contributed by atoms with E-state index in [4.69, 9.17) is 4.74 Å². The zero-order valence-electron chi connectivity index (χ0n) is 17.0. The Bertz CT molecular complexity index is 1050. The van der Waals surface area contributed by atoms with Crippen LogP contribution in [0.15, 0.2) is 51.8 Å². The van der Waals surface area contributed by atoms with Crippen LogP contribution in [-0.4, -0.2) is 33.8 Å². The van der Waals surface area contributed by atoms with E-state index in [0.717, 1.165) is 17.7 Å². The third-order valence-corrected chi connectivity index (χ3v) is 6.23. The normalized spacial score (nSPS) is 15.9. The number of methoxy groups -OCH3 is 1. The summed E-state index contributed by atoms with van der Waals surface area (Å²) in [5, 5.41) is 2.91. The van der Waals surface area contributed by atoms with Crippen LogP contribution in [0, 0.1) is 0 Å². The highest BCUT2D eigenvalue weighted by Crippen LogP contribution is 2.32. The Morgan fingerprint density at radius 1 is 1.21 bits per heavy atom. The Hall–Kier alpha value is -2.87. The molecule has 29 heavy (non-hydrogen) atoms. The predicted molar refractivity (Wildman–Crippen MR) is 113 cm³/mol. The lowest BCUT2D eigenvalue weighted by molar-refractivity contribution is 0.0939. The number of amides is 1. The second-order valence-electron chi connectivity index (χ2n) is 6.92. The van der Waals surface area contributed by atoms with Gasteiger partial charge < -0.3 is 15.0 Å². The van der Waals surface area contributed by atoms with E-state index in [1.165, 1.54) is 6.07 Å². The molecule has 1 heterocycles. The molecule has 0 fully saturated rings. The van der Waals surface area contributed by atoms with Gasteiger partial charge in [-0.15, -0.1) is 4.40 Å². The lowest BCUT2D eigenvalue weighted by atomic mass is 10.1. The van der Waals surface area contributed by atoms with Crippen molar-refractivity contribution in [2.24, 2.45) is 4.40 Å². The number of amidine groups is 1. The number of benzene rings is 2. The number of fused-ring (bicyclic) bond motifs is 1. The first-order valence-corrected chi connectivity index (χ1v) is 10.9. The Labute approximate surface area is 171 Å². The van der Waals surface area contributed by atoms with Gasteiger partial charge in [-0.1, -0.05) is 19.1 Å². The smallest absolute Gasteiger partial charge is 0.286 e. The molecule has 1 aliphatic rings. The van der Waals surface area contributed by atoms with Crippen LogP contribution in [-0.2, 0) is 10.0 Å². The standard InChI is InChI=1S/C21H25N3O4S/c1-5-12-24-15(3)23-29(26,27)20-13-17(8-11-19(20)24)21(25)22-14(2)16-6-9-18(28-4)10-7-16/h6-11,13-14H,5,12H2,1-4H3,(H,22,25). The van der Waals surface area contributed by atoms with E-state index >= 15 is 0 Å². The third kappa shape index (κ3) is 4.27. The number of nitrogens with one attached hydrogen (secondary N) is 1. The average Bonchev–Trinajstić information content (AvgIpc) is 2.70. The van der Waals surface area contributed by atoms with Gasteiger partial charge in [0.15, 0.2) is 0 Å². The molecule has 154 valence electrons. The molecule has 1 aliphatic heterocycles. The van der Waals surface area contributed by atoms with E-state index in [1.54, 1.807) is 26.2 Å². The maximum absolute atomic E-state index is 12.7. The summed E-state index contributed by atoms with van der Waals surface area (Å²) >= 11 is 0. The van der Waals surface area contributed by atoms with Gasteiger partial charge in [0.05, 0.1) is 18.8 Å². The van der Waals surface area contributed by atoms with Crippen molar-refractivity contribution >= 4 is 27.5 Å². The summed E-state index contributed by atoms with van der Waals surface area (Å²) in [6, 6.07) is 11.9. The minimum atomic E-state index is -3.83. The third-order valence-electron chi connectivity index (χ3n) is 4.84. The number of sulfonamides is 1. The zero-order valence-corrected chi connectivity index (χ0v) is 17.8. The molecule has 0 saturated carbocycles. The molecule has 1 amide bonds. The van der Waals surface area contributed by atoms with E-state index < -0.39 is 10.0 Å². The maximum Gasteiger partial charge on any atom is 0.286 e. The summed E-state index contributed by atoms with van der Waals surface area (Å²) in [5.41, 5.74) is 1.75. The largest absolute Gasteiger partial charge is 0.497 e. The second kappa shape index (κ2) is 8.24. The summed E-state index contributed by atoms with van der Waals surface area (Å²) in [6.45, 7) is 6.20. The van der Waals surface area contributed by atoms with Crippen molar-refractivity contribution in [3.05, 3.63) is 53.6 Å². The van der Waals surface area contributed by atoms with Crippen LogP contribution < -0.4 is 15.0 Å². The molecule has 7 nitrogen and oxygen atoms in total. The van der Waals surface area contributed by atoms with E-state index in [-0.39, 0.29) is 22.4 Å². The minimum absolute atomic E-state index is 0.0568. The lowest BCUT2D eigenvalue weighted by Crippen LogP contribution is -2.35. The molecule has 0 bridgehead atoms. The number of carbonyl (C=O) groups excluding carboxylic acids is 1. The number of ether oxygens (including phenoxy) is 1. The van der Waals surface area contributed by atoms with Gasteiger partial charge in [0.25, 0.3) is 15.9 Å². The molecule has 1 unspecified atom stereocenters. The summed E-state index contributed by atoms with van der Waals surface area (Å²) in [5.74, 6) is 0.823. The van der Waals surface area contributed by atoms with Crippen molar-refractivity contribution in [1.82, 2.24) is 5.32 Å². The minimum Gasteiger partial charge on any atom is -0.497 e. The Morgan fingerprint density at radius 3 is 2.52 bits per heavy atom. The molecule has 0 radical (unpaired) electrons. The molecule has 0 spiro atoms. The topological polar surface area (TPSA) is 88.1 Å². The summed E-state index contributed by atoms with van der Waals surface area (Å²) in [6.07, 6.45) is 0.841. The maximum atomic E-state index is 12.7. The van der Waals surface area contributed by atoms with Crippen LogP contribution in [0.5, 0.6) is 5.75 Å². The summed E-state index contributed by atoms with van der Waals surface area (Å²) in [4.78, 5) is 14.7. The molecular formula is C21H25N3O4S. The van der Waals surface area contributed by atoms with Gasteiger partial charge in [0, 0.05) is 12.1 Å². The molecule has 8 heteroatoms. The van der Waals surface area contributed by atoms with Crippen molar-refractivity contribution in [2.45, 2.75) is 38.1 Å². The zero-order chi connectivity index (χ0) is 21.2. The van der Waals surface area contributed by atoms with E-state index in [9.17, 15) is 13.2 Å². The fourth-order valence-corrected chi connectivity index (χ4v) is 4.56. The van der Waals surface area contributed by atoms with Crippen LogP contribution in [0.2, 0.25) is 0 Å². The number of nitrogens with zero attached hydrogens (tertiary/aromatic N) is 2. The number of anilines is 1. The van der Waals surface area contributed by atoms with Crippen LogP contribution in [0.3, 0.4) is 0 Å². The SMILES string of the molecule is CCCN1C(C)=NS(=O)(=O)c2cc(C(=O)NC(C)c3ccc(OC)cc3)ccc21. The molecule has 0 saturated heterocycles. The highest BCUT2D eigenvalue weighted by atomic mass is 32.2. The Balaban J connectivity index is 1.86. The van der Waals surface area contributed by atoms with Crippen LogP contribution in [0.1, 0.15) is 49.2 Å². The fraction of sp³-hybridized carbons (Fsp3) is 0.333. The van der Waals surface area contributed by atoms with Crippen molar-refractivity contribution in [1.29, 1.82) is 0 Å². The number of carbonyl (C=O) groups is 1. The first-order valence-electron chi connectivity index (χ1n) is 9.44. The van der Waals surface area contributed by atoms with E-state index in [2.05, 4.69) is 9.71 Å². The molecule has 1 atom stereocenters. The highest BCUT2D eigenvalue weighted by Gasteiger charge is 2.29. The second-order valence-corrected chi connectivity index (χ2v) is 8.49. The number of hydrogen-bond donors (Lipinski definition) is 1. The van der Waals surface area contributed by atoms with Gasteiger partial charge >= 0.3 is 0 Å². The molecule has 2 aromatic rings. The van der Waals surface area contributed by atoms with Crippen LogP contribution in [0.25, 0.3) is 0 Å². The number of rotatable bonds is 6. The van der Waals surface area contributed by atoms with Crippen molar-refractivity contribution in [3.63, 3.8) is 0 Å². The van der Waals surface area contributed by atoms with Gasteiger partial charge in [0.2, 0.25) is 0 Å². The summed E-state index contributed by atoms with van der Waals surface area (Å²) in [7, 11) is -2.24. The van der Waals surface area contributed by atoms with Gasteiger partial charge in [-0.2, -0.15) is 8.42 Å². The average molecular weight is 416 g/mol. The molecule has 0 aliphatic carbocycles. The van der Waals surface area contributed by atoms with Crippen molar-refractivity contribution in [3.8, 4) is 5.75 Å². The molecular weight excluding hydrogens is 390 g/mol. The van der Waals surface area contributed by atoms with Crippen LogP contribution >= 0.6 is 0 Å². The summed E-state index contributed by atoms with van der Waals surface area (Å²) < 4.78 is 34.1. The number of hydrogen-bond acceptors (Lipinski definition) is 5. The van der Waals surface area contributed by atoms with Crippen molar-refractivity contribution < 1.29 is 17.9 Å². The van der Waals surface area contributed by atoms with Crippen molar-refractivity contribution in [2.75, 3.05) is 18.6 Å². The first kappa shape index (κ1) is 20.9. The molecule has 1 N–H and O–H groups in total. The highest BCUT2D eigenvalue weighted by molar-refractivity contribution is 7.90. The molecule has 3 rings (SSSR count). The van der Waals surface area contributed by atoms with E-state index in [1.807, 2.05) is 43.0 Å². The predicted octanol–water partition coefficient (Wildman–Crippen LogP) is 3.52. The monoisotopic (exact) mass is 415 g/mol. The fourth-order valence-electron chi connectivity index (χ4n) is 3.29. The van der Waals surface area contributed by atoms with E-state index in [0.29, 0.717) is 18.1 Å². The van der Waals surface area contributed by atoms with Gasteiger partial charge in [-0.3, -0.25) is 4.79 Å². The Morgan fingerprint density at radius 2 is 1.90 bits per heavy atom. The van der Waals surface area contributed by atoms with Gasteiger partial charge in [-0.05, 0) is 56.2 Å². The Kier molecular flexibility index (Phi) is 5.93. The van der Waals surface area contributed by atoms with Gasteiger partial charge in [0.1, 0.15) is 16.5 Å². The first-order chi connectivity index (χ1) is 13.8. The molecule has 0 aromatic heterocycles. The quantitative estimate of drug-likeness (QED) is 0.780. The molecule has 2 aromatic carbocycles. The van der Waals surface area contributed by atoms with Gasteiger partial charge in [-0.25, -0.2) is 0 Å².